The summed E-state index contributed by atoms with van der Waals surface area (Å²) in [5.74, 6) is 2.30. The van der Waals surface area contributed by atoms with Crippen LogP contribution in [-0.2, 0) is 0 Å². The van der Waals surface area contributed by atoms with Gasteiger partial charge in [0.05, 0.1) is 12.2 Å². The maximum absolute atomic E-state index is 10.9. The molecule has 4 aromatic rings. The zero-order valence-corrected chi connectivity index (χ0v) is 21.5. The fourth-order valence-corrected chi connectivity index (χ4v) is 4.02. The molecule has 1 N–H and O–H groups in total. The lowest BCUT2D eigenvalue weighted by molar-refractivity contribution is 0.303. The van der Waals surface area contributed by atoms with Crippen LogP contribution in [0.15, 0.2) is 66.7 Å². The summed E-state index contributed by atoms with van der Waals surface area (Å²) in [4.78, 5) is 14.2. The van der Waals surface area contributed by atoms with Crippen molar-refractivity contribution < 1.29 is 9.84 Å². The number of hydrogen-bond acceptors (Lipinski definition) is 5. The number of aromatic nitrogens is 3. The molecule has 0 saturated carbocycles. The van der Waals surface area contributed by atoms with Crippen molar-refractivity contribution in [2.75, 3.05) is 6.61 Å². The normalized spacial score (nSPS) is 11.0. The molecule has 5 heteroatoms. The number of ether oxygens (including phenoxy) is 1. The van der Waals surface area contributed by atoms with Crippen LogP contribution >= 0.6 is 0 Å². The first-order chi connectivity index (χ1) is 17.5. The third-order valence-electron chi connectivity index (χ3n) is 6.23. The number of unbranched alkanes of at least 4 members (excludes halogenated alkanes) is 5. The number of aromatic hydroxyl groups is 1. The van der Waals surface area contributed by atoms with Gasteiger partial charge < -0.3 is 9.84 Å². The third-order valence-corrected chi connectivity index (χ3v) is 6.23. The van der Waals surface area contributed by atoms with Gasteiger partial charge >= 0.3 is 0 Å². The van der Waals surface area contributed by atoms with E-state index in [0.29, 0.717) is 35.4 Å². The molecule has 36 heavy (non-hydrogen) atoms. The van der Waals surface area contributed by atoms with Gasteiger partial charge in [-0.25, -0.2) is 15.0 Å². The molecule has 0 saturated heterocycles. The number of rotatable bonds is 11. The molecule has 0 aliphatic rings. The van der Waals surface area contributed by atoms with Gasteiger partial charge in [0.25, 0.3) is 0 Å². The summed E-state index contributed by atoms with van der Waals surface area (Å²) in [7, 11) is 0. The summed E-state index contributed by atoms with van der Waals surface area (Å²) >= 11 is 0. The second kappa shape index (κ2) is 12.3. The van der Waals surface area contributed by atoms with Gasteiger partial charge in [0, 0.05) is 17.2 Å². The Morgan fingerprint density at radius 2 is 1.17 bits per heavy atom. The monoisotopic (exact) mass is 481 g/mol. The highest BCUT2D eigenvalue weighted by atomic mass is 16.5. The van der Waals surface area contributed by atoms with Crippen LogP contribution in [0.5, 0.6) is 11.5 Å². The van der Waals surface area contributed by atoms with E-state index in [2.05, 4.69) is 20.8 Å². The van der Waals surface area contributed by atoms with Gasteiger partial charge in [0.2, 0.25) is 0 Å². The van der Waals surface area contributed by atoms with Gasteiger partial charge in [-0.3, -0.25) is 0 Å². The van der Waals surface area contributed by atoms with E-state index < -0.39 is 0 Å². The summed E-state index contributed by atoms with van der Waals surface area (Å²) < 4.78 is 5.88. The van der Waals surface area contributed by atoms with Crippen molar-refractivity contribution in [3.05, 3.63) is 77.9 Å². The van der Waals surface area contributed by atoms with Crippen molar-refractivity contribution in [2.45, 2.75) is 59.3 Å². The zero-order chi connectivity index (χ0) is 25.3. The van der Waals surface area contributed by atoms with Crippen LogP contribution in [0.25, 0.3) is 34.2 Å². The van der Waals surface area contributed by atoms with Gasteiger partial charge in [0.15, 0.2) is 17.5 Å². The smallest absolute Gasteiger partial charge is 0.167 e. The summed E-state index contributed by atoms with van der Waals surface area (Å²) in [6, 6.07) is 21.5. The van der Waals surface area contributed by atoms with Crippen LogP contribution < -0.4 is 4.74 Å². The average molecular weight is 482 g/mol. The molecule has 5 nitrogen and oxygen atoms in total. The third kappa shape index (κ3) is 6.69. The SMILES string of the molecule is CCCCCCCCOc1ccc(-c2nc(-c3ccc(C)cc3)nc(-c3ccc(C)cc3)n2)c(O)c1. The Morgan fingerprint density at radius 1 is 0.639 bits per heavy atom. The average Bonchev–Trinajstić information content (AvgIpc) is 2.89. The van der Waals surface area contributed by atoms with Crippen molar-refractivity contribution in [3.63, 3.8) is 0 Å². The van der Waals surface area contributed by atoms with Crippen molar-refractivity contribution in [1.82, 2.24) is 15.0 Å². The quantitative estimate of drug-likeness (QED) is 0.220. The Balaban J connectivity index is 1.59. The van der Waals surface area contributed by atoms with Crippen LogP contribution in [-0.4, -0.2) is 26.7 Å². The molecular formula is C31H35N3O2. The molecule has 0 spiro atoms. The summed E-state index contributed by atoms with van der Waals surface area (Å²) in [6.07, 6.45) is 7.26. The first-order valence-corrected chi connectivity index (χ1v) is 12.9. The van der Waals surface area contributed by atoms with Crippen LogP contribution in [0.3, 0.4) is 0 Å². The number of phenols is 1. The Kier molecular flexibility index (Phi) is 8.66. The Hall–Kier alpha value is -3.73. The van der Waals surface area contributed by atoms with E-state index in [0.717, 1.165) is 17.5 Å². The second-order valence-electron chi connectivity index (χ2n) is 9.33. The molecule has 0 amide bonds. The Labute approximate surface area is 214 Å². The van der Waals surface area contributed by atoms with E-state index >= 15 is 0 Å². The molecule has 0 atom stereocenters. The predicted octanol–water partition coefficient (Wildman–Crippen LogP) is 7.93. The molecule has 0 fully saturated rings. The van der Waals surface area contributed by atoms with Gasteiger partial charge in [-0.2, -0.15) is 0 Å². The zero-order valence-electron chi connectivity index (χ0n) is 21.5. The van der Waals surface area contributed by atoms with Crippen LogP contribution in [0, 0.1) is 13.8 Å². The maximum Gasteiger partial charge on any atom is 0.167 e. The topological polar surface area (TPSA) is 68.1 Å². The predicted molar refractivity (Wildman–Crippen MR) is 146 cm³/mol. The van der Waals surface area contributed by atoms with Crippen molar-refractivity contribution in [1.29, 1.82) is 0 Å². The summed E-state index contributed by atoms with van der Waals surface area (Å²) in [6.45, 7) is 6.97. The van der Waals surface area contributed by atoms with E-state index in [1.54, 1.807) is 6.07 Å². The van der Waals surface area contributed by atoms with Crippen molar-refractivity contribution >= 4 is 0 Å². The molecule has 0 bridgehead atoms. The number of benzene rings is 3. The molecule has 1 heterocycles. The van der Waals surface area contributed by atoms with E-state index in [1.165, 1.54) is 43.2 Å². The highest BCUT2D eigenvalue weighted by molar-refractivity contribution is 5.70. The Morgan fingerprint density at radius 3 is 1.72 bits per heavy atom. The summed E-state index contributed by atoms with van der Waals surface area (Å²) in [5, 5.41) is 10.9. The Bertz CT molecular complexity index is 1200. The highest BCUT2D eigenvalue weighted by Gasteiger charge is 2.15. The molecule has 0 aliphatic carbocycles. The van der Waals surface area contributed by atoms with Crippen LogP contribution in [0.1, 0.15) is 56.6 Å². The molecule has 0 aliphatic heterocycles. The lowest BCUT2D eigenvalue weighted by Gasteiger charge is -2.11. The molecule has 1 aromatic heterocycles. The van der Waals surface area contributed by atoms with E-state index in [-0.39, 0.29) is 5.75 Å². The van der Waals surface area contributed by atoms with Crippen LogP contribution in [0.2, 0.25) is 0 Å². The number of nitrogens with zero attached hydrogens (tertiary/aromatic N) is 3. The molecule has 186 valence electrons. The van der Waals surface area contributed by atoms with Gasteiger partial charge in [-0.05, 0) is 32.4 Å². The highest BCUT2D eigenvalue weighted by Crippen LogP contribution is 2.33. The van der Waals surface area contributed by atoms with Gasteiger partial charge in [-0.1, -0.05) is 98.7 Å². The first-order valence-electron chi connectivity index (χ1n) is 12.9. The standard InChI is InChI=1S/C31H35N3O2/c1-4-5-6-7-8-9-20-36-26-18-19-27(28(35)21-26)31-33-29(24-14-10-22(2)11-15-24)32-30(34-31)25-16-12-23(3)13-17-25/h10-19,21,35H,4-9,20H2,1-3H3. The maximum atomic E-state index is 10.9. The lowest BCUT2D eigenvalue weighted by Crippen LogP contribution is -2.01. The lowest BCUT2D eigenvalue weighted by atomic mass is 10.1. The molecule has 0 radical (unpaired) electrons. The van der Waals surface area contributed by atoms with E-state index in [4.69, 9.17) is 19.7 Å². The van der Waals surface area contributed by atoms with Crippen LogP contribution in [0.4, 0.5) is 0 Å². The fraction of sp³-hybridized carbons (Fsp3) is 0.323. The summed E-state index contributed by atoms with van der Waals surface area (Å²) in [5.41, 5.74) is 4.68. The molecule has 4 rings (SSSR count). The van der Waals surface area contributed by atoms with Crippen molar-refractivity contribution in [3.8, 4) is 45.7 Å². The van der Waals surface area contributed by atoms with E-state index in [1.807, 2.05) is 60.7 Å². The second-order valence-corrected chi connectivity index (χ2v) is 9.33. The number of hydrogen-bond donors (Lipinski definition) is 1. The minimum atomic E-state index is 0.0892. The molecule has 0 unspecified atom stereocenters. The van der Waals surface area contributed by atoms with Gasteiger partial charge in [0.1, 0.15) is 11.5 Å². The van der Waals surface area contributed by atoms with Crippen molar-refractivity contribution in [2.24, 2.45) is 0 Å². The van der Waals surface area contributed by atoms with E-state index in [9.17, 15) is 5.11 Å². The largest absolute Gasteiger partial charge is 0.507 e. The first kappa shape index (κ1) is 25.4. The fourth-order valence-electron chi connectivity index (χ4n) is 4.02. The minimum absolute atomic E-state index is 0.0892. The number of phenolic OH excluding ortho intramolecular Hbond substituents is 1. The van der Waals surface area contributed by atoms with Gasteiger partial charge in [-0.15, -0.1) is 0 Å². The molecular weight excluding hydrogens is 446 g/mol. The number of aryl methyl sites for hydroxylation is 2. The minimum Gasteiger partial charge on any atom is -0.507 e. The molecule has 3 aromatic carbocycles.